The number of phenolic OH excluding ortho intramolecular Hbond substituents is 1. The third kappa shape index (κ3) is 3.85. The quantitative estimate of drug-likeness (QED) is 0.652. The van der Waals surface area contributed by atoms with Crippen molar-refractivity contribution in [2.24, 2.45) is 0 Å². The van der Waals surface area contributed by atoms with Gasteiger partial charge in [-0.05, 0) is 31.0 Å². The molecule has 0 heterocycles. The number of nitro benzene ring substituents is 1. The van der Waals surface area contributed by atoms with Crippen molar-refractivity contribution in [3.63, 3.8) is 0 Å². The van der Waals surface area contributed by atoms with Crippen molar-refractivity contribution >= 4 is 11.6 Å². The first-order valence-corrected chi connectivity index (χ1v) is 7.27. The largest absolute Gasteiger partial charge is 0.502 e. The zero-order valence-electron chi connectivity index (χ0n) is 12.9. The Morgan fingerprint density at radius 1 is 1.26 bits per heavy atom. The van der Waals surface area contributed by atoms with Gasteiger partial charge in [-0.15, -0.1) is 0 Å². The fourth-order valence-corrected chi connectivity index (χ4v) is 2.28. The van der Waals surface area contributed by atoms with E-state index in [0.29, 0.717) is 6.42 Å². The minimum Gasteiger partial charge on any atom is -0.502 e. The SMILES string of the molecule is CCC(NC(=O)c1ccc([N+](=O)[O-])c(O)c1)c1ccc(C)cc1. The van der Waals surface area contributed by atoms with Gasteiger partial charge in [-0.2, -0.15) is 0 Å². The van der Waals surface area contributed by atoms with Crippen LogP contribution in [0.15, 0.2) is 42.5 Å². The molecule has 0 aliphatic carbocycles. The van der Waals surface area contributed by atoms with Crippen LogP contribution in [0.25, 0.3) is 0 Å². The molecular formula is C17H18N2O4. The minimum absolute atomic E-state index is 0.166. The molecule has 0 aliphatic rings. The number of nitrogens with zero attached hydrogens (tertiary/aromatic N) is 1. The molecule has 120 valence electrons. The molecule has 1 atom stereocenters. The smallest absolute Gasteiger partial charge is 0.310 e. The van der Waals surface area contributed by atoms with Crippen LogP contribution in [-0.4, -0.2) is 15.9 Å². The van der Waals surface area contributed by atoms with Gasteiger partial charge in [-0.25, -0.2) is 0 Å². The van der Waals surface area contributed by atoms with Gasteiger partial charge in [0.05, 0.1) is 11.0 Å². The van der Waals surface area contributed by atoms with Gasteiger partial charge in [0.25, 0.3) is 5.91 Å². The van der Waals surface area contributed by atoms with Crippen molar-refractivity contribution in [1.82, 2.24) is 5.32 Å². The lowest BCUT2D eigenvalue weighted by atomic mass is 10.0. The highest BCUT2D eigenvalue weighted by molar-refractivity contribution is 5.95. The number of aryl methyl sites for hydroxylation is 1. The van der Waals surface area contributed by atoms with Crippen LogP contribution in [0.2, 0.25) is 0 Å². The number of benzene rings is 2. The molecule has 1 amide bonds. The first-order chi connectivity index (χ1) is 10.9. The second-order valence-electron chi connectivity index (χ2n) is 5.31. The van der Waals surface area contributed by atoms with Crippen LogP contribution >= 0.6 is 0 Å². The number of hydrogen-bond acceptors (Lipinski definition) is 4. The average molecular weight is 314 g/mol. The summed E-state index contributed by atoms with van der Waals surface area (Å²) in [4.78, 5) is 22.3. The highest BCUT2D eigenvalue weighted by atomic mass is 16.6. The molecule has 2 aromatic rings. The Kier molecular flexibility index (Phi) is 4.95. The number of nitro groups is 1. The molecule has 23 heavy (non-hydrogen) atoms. The highest BCUT2D eigenvalue weighted by Crippen LogP contribution is 2.26. The van der Waals surface area contributed by atoms with Crippen LogP contribution < -0.4 is 5.32 Å². The monoisotopic (exact) mass is 314 g/mol. The Bertz CT molecular complexity index is 726. The molecule has 0 spiro atoms. The van der Waals surface area contributed by atoms with Crippen molar-refractivity contribution in [2.75, 3.05) is 0 Å². The van der Waals surface area contributed by atoms with E-state index < -0.39 is 16.4 Å². The fourth-order valence-electron chi connectivity index (χ4n) is 2.28. The van der Waals surface area contributed by atoms with Gasteiger partial charge in [0.15, 0.2) is 5.75 Å². The molecule has 2 aromatic carbocycles. The predicted molar refractivity (Wildman–Crippen MR) is 86.4 cm³/mol. The number of phenols is 1. The van der Waals surface area contributed by atoms with Crippen molar-refractivity contribution in [2.45, 2.75) is 26.3 Å². The molecular weight excluding hydrogens is 296 g/mol. The van der Waals surface area contributed by atoms with Crippen LogP contribution in [-0.2, 0) is 0 Å². The summed E-state index contributed by atoms with van der Waals surface area (Å²) < 4.78 is 0. The van der Waals surface area contributed by atoms with Crippen LogP contribution in [0.4, 0.5) is 5.69 Å². The van der Waals surface area contributed by atoms with Crippen molar-refractivity contribution in [1.29, 1.82) is 0 Å². The summed E-state index contributed by atoms with van der Waals surface area (Å²) >= 11 is 0. The van der Waals surface area contributed by atoms with Gasteiger partial charge in [0, 0.05) is 11.6 Å². The lowest BCUT2D eigenvalue weighted by molar-refractivity contribution is -0.385. The number of carbonyl (C=O) groups excluding carboxylic acids is 1. The summed E-state index contributed by atoms with van der Waals surface area (Å²) in [5.74, 6) is -0.909. The van der Waals surface area contributed by atoms with Crippen molar-refractivity contribution in [3.8, 4) is 5.75 Å². The topological polar surface area (TPSA) is 92.5 Å². The lowest BCUT2D eigenvalue weighted by Crippen LogP contribution is -2.28. The molecule has 6 nitrogen and oxygen atoms in total. The fraction of sp³-hybridized carbons (Fsp3) is 0.235. The Labute approximate surface area is 133 Å². The van der Waals surface area contributed by atoms with E-state index in [0.717, 1.165) is 23.3 Å². The maximum atomic E-state index is 12.3. The van der Waals surface area contributed by atoms with E-state index >= 15 is 0 Å². The Morgan fingerprint density at radius 2 is 1.91 bits per heavy atom. The van der Waals surface area contributed by atoms with Crippen LogP contribution in [0.5, 0.6) is 5.75 Å². The van der Waals surface area contributed by atoms with Crippen LogP contribution in [0.1, 0.15) is 40.9 Å². The van der Waals surface area contributed by atoms with Gasteiger partial charge >= 0.3 is 5.69 Å². The van der Waals surface area contributed by atoms with Gasteiger partial charge in [0.2, 0.25) is 0 Å². The summed E-state index contributed by atoms with van der Waals surface area (Å²) in [5.41, 5.74) is 1.87. The second-order valence-corrected chi connectivity index (χ2v) is 5.31. The van der Waals surface area contributed by atoms with E-state index in [1.165, 1.54) is 6.07 Å². The number of nitrogens with one attached hydrogen (secondary N) is 1. The lowest BCUT2D eigenvalue weighted by Gasteiger charge is -2.18. The van der Waals surface area contributed by atoms with E-state index in [1.807, 2.05) is 38.1 Å². The van der Waals surface area contributed by atoms with E-state index in [1.54, 1.807) is 0 Å². The highest BCUT2D eigenvalue weighted by Gasteiger charge is 2.18. The van der Waals surface area contributed by atoms with Gasteiger partial charge < -0.3 is 10.4 Å². The molecule has 0 aromatic heterocycles. The van der Waals surface area contributed by atoms with Gasteiger partial charge in [0.1, 0.15) is 0 Å². The predicted octanol–water partition coefficient (Wildman–Crippen LogP) is 3.49. The van der Waals surface area contributed by atoms with E-state index in [2.05, 4.69) is 5.32 Å². The summed E-state index contributed by atoms with van der Waals surface area (Å²) in [5, 5.41) is 23.2. The molecule has 0 aliphatic heterocycles. The summed E-state index contributed by atoms with van der Waals surface area (Å²) in [6.45, 7) is 3.95. The number of hydrogen-bond donors (Lipinski definition) is 2. The summed E-state index contributed by atoms with van der Waals surface area (Å²) in [7, 11) is 0. The van der Waals surface area contributed by atoms with Gasteiger partial charge in [-0.3, -0.25) is 14.9 Å². The molecule has 0 fully saturated rings. The Hall–Kier alpha value is -2.89. The molecule has 2 N–H and O–H groups in total. The van der Waals surface area contributed by atoms with E-state index in [9.17, 15) is 20.0 Å². The zero-order valence-corrected chi connectivity index (χ0v) is 12.9. The molecule has 0 radical (unpaired) electrons. The average Bonchev–Trinajstić information content (AvgIpc) is 2.52. The number of amides is 1. The van der Waals surface area contributed by atoms with E-state index in [4.69, 9.17) is 0 Å². The van der Waals surface area contributed by atoms with Crippen molar-refractivity contribution < 1.29 is 14.8 Å². The number of carbonyl (C=O) groups is 1. The molecule has 0 bridgehead atoms. The zero-order chi connectivity index (χ0) is 17.0. The first kappa shape index (κ1) is 16.5. The Balaban J connectivity index is 2.18. The maximum absolute atomic E-state index is 12.3. The maximum Gasteiger partial charge on any atom is 0.310 e. The second kappa shape index (κ2) is 6.91. The van der Waals surface area contributed by atoms with Crippen molar-refractivity contribution in [3.05, 3.63) is 69.3 Å². The molecule has 2 rings (SSSR count). The summed E-state index contributed by atoms with van der Waals surface area (Å²) in [6.07, 6.45) is 0.702. The normalized spacial score (nSPS) is 11.7. The third-order valence-electron chi connectivity index (χ3n) is 3.63. The minimum atomic E-state index is -0.696. The van der Waals surface area contributed by atoms with Crippen LogP contribution in [0, 0.1) is 17.0 Å². The molecule has 1 unspecified atom stereocenters. The number of aromatic hydroxyl groups is 1. The Morgan fingerprint density at radius 3 is 2.43 bits per heavy atom. The van der Waals surface area contributed by atoms with E-state index in [-0.39, 0.29) is 17.5 Å². The molecule has 0 saturated carbocycles. The molecule has 6 heteroatoms. The molecule has 0 saturated heterocycles. The van der Waals surface area contributed by atoms with Crippen LogP contribution in [0.3, 0.4) is 0 Å². The summed E-state index contributed by atoms with van der Waals surface area (Å²) in [6, 6.07) is 11.2. The first-order valence-electron chi connectivity index (χ1n) is 7.27. The van der Waals surface area contributed by atoms with Gasteiger partial charge in [-0.1, -0.05) is 36.8 Å². The number of rotatable bonds is 5. The third-order valence-corrected chi connectivity index (χ3v) is 3.63. The standard InChI is InChI=1S/C17H18N2O4/c1-3-14(12-6-4-11(2)5-7-12)18-17(21)13-8-9-15(19(22)23)16(20)10-13/h4-10,14,20H,3H2,1-2H3,(H,18,21).